The molecule has 0 aliphatic heterocycles. The second-order valence-corrected chi connectivity index (χ2v) is 10.7. The van der Waals surface area contributed by atoms with Gasteiger partial charge in [0, 0.05) is 6.04 Å². The Bertz CT molecular complexity index is 1160. The van der Waals surface area contributed by atoms with Crippen LogP contribution in [-0.4, -0.2) is 42.3 Å². The number of amides is 2. The summed E-state index contributed by atoms with van der Waals surface area (Å²) in [7, 11) is -3.91. The maximum absolute atomic E-state index is 12.4. The SMILES string of the molecule is C#CCn1c(=NC(=O)CS(=O)(=O)CC(=O)NC2CCCCC2)sc2cc(C)ccc21. The molecular weight excluding hydrogens is 422 g/mol. The number of rotatable bonds is 6. The Kier molecular flexibility index (Phi) is 7.10. The van der Waals surface area contributed by atoms with Gasteiger partial charge in [-0.15, -0.1) is 6.42 Å². The summed E-state index contributed by atoms with van der Waals surface area (Å²) in [5.41, 5.74) is 1.89. The van der Waals surface area contributed by atoms with Gasteiger partial charge in [-0.05, 0) is 37.5 Å². The number of carbonyl (C=O) groups excluding carboxylic acids is 2. The molecule has 1 aliphatic rings. The molecule has 2 aromatic rings. The number of nitrogens with zero attached hydrogens (tertiary/aromatic N) is 2. The van der Waals surface area contributed by atoms with Crippen molar-refractivity contribution in [3.05, 3.63) is 28.6 Å². The van der Waals surface area contributed by atoms with E-state index in [4.69, 9.17) is 6.42 Å². The molecule has 1 aromatic heterocycles. The van der Waals surface area contributed by atoms with Gasteiger partial charge in [0.15, 0.2) is 14.6 Å². The van der Waals surface area contributed by atoms with E-state index in [0.29, 0.717) is 4.80 Å². The fraction of sp³-hybridized carbons (Fsp3) is 0.476. The Morgan fingerprint density at radius 2 is 2.00 bits per heavy atom. The fourth-order valence-corrected chi connectivity index (χ4v) is 5.77. The molecule has 0 unspecified atom stereocenters. The lowest BCUT2D eigenvalue weighted by Crippen LogP contribution is -2.40. The minimum absolute atomic E-state index is 0.0200. The molecule has 9 heteroatoms. The number of aromatic nitrogens is 1. The lowest BCUT2D eigenvalue weighted by molar-refractivity contribution is -0.119. The van der Waals surface area contributed by atoms with Crippen molar-refractivity contribution in [3.8, 4) is 12.3 Å². The van der Waals surface area contributed by atoms with Crippen molar-refractivity contribution in [1.82, 2.24) is 9.88 Å². The molecule has 0 saturated heterocycles. The van der Waals surface area contributed by atoms with Crippen molar-refractivity contribution in [3.63, 3.8) is 0 Å². The highest BCUT2D eigenvalue weighted by Crippen LogP contribution is 2.19. The number of carbonyl (C=O) groups is 2. The summed E-state index contributed by atoms with van der Waals surface area (Å²) in [5.74, 6) is -0.359. The van der Waals surface area contributed by atoms with Crippen LogP contribution < -0.4 is 10.1 Å². The number of benzene rings is 1. The smallest absolute Gasteiger partial charge is 0.263 e. The van der Waals surface area contributed by atoms with Crippen LogP contribution in [0.1, 0.15) is 37.7 Å². The number of fused-ring (bicyclic) bond motifs is 1. The van der Waals surface area contributed by atoms with Crippen molar-refractivity contribution in [2.45, 2.75) is 51.6 Å². The largest absolute Gasteiger partial charge is 0.352 e. The molecule has 0 radical (unpaired) electrons. The quantitative estimate of drug-likeness (QED) is 0.684. The maximum atomic E-state index is 12.4. The molecule has 1 saturated carbocycles. The lowest BCUT2D eigenvalue weighted by Gasteiger charge is -2.22. The summed E-state index contributed by atoms with van der Waals surface area (Å²) in [5, 5.41) is 2.76. The standard InChI is InChI=1S/C21H25N3O4S2/c1-3-11-24-17-10-9-15(2)12-18(17)29-21(24)23-20(26)14-30(27,28)13-19(25)22-16-7-5-4-6-8-16/h1,9-10,12,16H,4-8,11,13-14H2,2H3,(H,22,25). The van der Waals surface area contributed by atoms with Gasteiger partial charge in [-0.2, -0.15) is 4.99 Å². The summed E-state index contributed by atoms with van der Waals surface area (Å²) in [6.45, 7) is 2.17. The Morgan fingerprint density at radius 1 is 1.27 bits per heavy atom. The molecule has 3 rings (SSSR count). The molecule has 1 fully saturated rings. The first kappa shape index (κ1) is 22.2. The minimum Gasteiger partial charge on any atom is -0.352 e. The highest BCUT2D eigenvalue weighted by molar-refractivity contribution is 7.92. The molecule has 7 nitrogen and oxygen atoms in total. The molecule has 0 atom stereocenters. The number of hydrogen-bond acceptors (Lipinski definition) is 5. The third-order valence-electron chi connectivity index (χ3n) is 4.97. The van der Waals surface area contributed by atoms with Crippen LogP contribution in [-0.2, 0) is 26.0 Å². The van der Waals surface area contributed by atoms with Crippen LogP contribution in [0.25, 0.3) is 10.2 Å². The van der Waals surface area contributed by atoms with Crippen LogP contribution >= 0.6 is 11.3 Å². The van der Waals surface area contributed by atoms with E-state index in [1.807, 2.05) is 25.1 Å². The van der Waals surface area contributed by atoms with E-state index in [2.05, 4.69) is 16.2 Å². The normalized spacial score (nSPS) is 15.8. The van der Waals surface area contributed by atoms with E-state index in [0.717, 1.165) is 47.9 Å². The van der Waals surface area contributed by atoms with E-state index in [-0.39, 0.29) is 12.6 Å². The first-order chi connectivity index (χ1) is 14.3. The Balaban J connectivity index is 1.73. The van der Waals surface area contributed by atoms with Crippen molar-refractivity contribution in [2.75, 3.05) is 11.5 Å². The van der Waals surface area contributed by atoms with E-state index in [1.54, 1.807) is 4.57 Å². The van der Waals surface area contributed by atoms with Crippen molar-refractivity contribution in [1.29, 1.82) is 0 Å². The fourth-order valence-electron chi connectivity index (χ4n) is 3.60. The topological polar surface area (TPSA) is 97.6 Å². The van der Waals surface area contributed by atoms with Crippen LogP contribution in [0, 0.1) is 19.3 Å². The minimum atomic E-state index is -3.91. The molecule has 1 aromatic carbocycles. The van der Waals surface area contributed by atoms with E-state index in [1.165, 1.54) is 11.3 Å². The average molecular weight is 448 g/mol. The van der Waals surface area contributed by atoms with Gasteiger partial charge in [0.25, 0.3) is 5.91 Å². The summed E-state index contributed by atoms with van der Waals surface area (Å²) >= 11 is 1.28. The predicted octanol–water partition coefficient (Wildman–Crippen LogP) is 1.94. The summed E-state index contributed by atoms with van der Waals surface area (Å²) in [6, 6.07) is 5.81. The molecule has 0 spiro atoms. The van der Waals surface area contributed by atoms with Gasteiger partial charge in [0.05, 0.1) is 16.8 Å². The first-order valence-corrected chi connectivity index (χ1v) is 12.5. The second-order valence-electron chi connectivity index (χ2n) is 7.59. The van der Waals surface area contributed by atoms with Gasteiger partial charge in [-0.25, -0.2) is 8.42 Å². The second kappa shape index (κ2) is 9.58. The van der Waals surface area contributed by atoms with Gasteiger partial charge >= 0.3 is 0 Å². The lowest BCUT2D eigenvalue weighted by atomic mass is 9.95. The van der Waals surface area contributed by atoms with Crippen LogP contribution in [0.3, 0.4) is 0 Å². The number of sulfone groups is 1. The molecule has 1 heterocycles. The zero-order chi connectivity index (χ0) is 21.7. The number of nitrogens with one attached hydrogen (secondary N) is 1. The molecule has 30 heavy (non-hydrogen) atoms. The summed E-state index contributed by atoms with van der Waals surface area (Å²) in [6.07, 6.45) is 10.4. The Labute approximate surface area is 180 Å². The van der Waals surface area contributed by atoms with Crippen LogP contribution in [0.4, 0.5) is 0 Å². The van der Waals surface area contributed by atoms with Gasteiger partial charge < -0.3 is 9.88 Å². The van der Waals surface area contributed by atoms with E-state index < -0.39 is 33.2 Å². The molecule has 1 N–H and O–H groups in total. The molecule has 160 valence electrons. The molecule has 1 aliphatic carbocycles. The number of terminal acetylenes is 1. The van der Waals surface area contributed by atoms with Crippen molar-refractivity contribution < 1.29 is 18.0 Å². The predicted molar refractivity (Wildman–Crippen MR) is 118 cm³/mol. The van der Waals surface area contributed by atoms with Gasteiger partial charge in [0.2, 0.25) is 5.91 Å². The van der Waals surface area contributed by atoms with E-state index in [9.17, 15) is 18.0 Å². The van der Waals surface area contributed by atoms with Crippen LogP contribution in [0.5, 0.6) is 0 Å². The molecule has 0 bridgehead atoms. The van der Waals surface area contributed by atoms with Gasteiger partial charge in [0.1, 0.15) is 11.5 Å². The summed E-state index contributed by atoms with van der Waals surface area (Å²) < 4.78 is 27.3. The Hall–Kier alpha value is -2.44. The van der Waals surface area contributed by atoms with Crippen molar-refractivity contribution >= 4 is 43.2 Å². The van der Waals surface area contributed by atoms with Gasteiger partial charge in [-0.1, -0.05) is 42.6 Å². The van der Waals surface area contributed by atoms with E-state index >= 15 is 0 Å². The third-order valence-corrected chi connectivity index (χ3v) is 7.40. The number of thiazole rings is 1. The monoisotopic (exact) mass is 447 g/mol. The summed E-state index contributed by atoms with van der Waals surface area (Å²) in [4.78, 5) is 28.8. The molecular formula is C21H25N3O4S2. The average Bonchev–Trinajstić information content (AvgIpc) is 2.97. The molecule has 2 amide bonds. The Morgan fingerprint density at radius 3 is 2.70 bits per heavy atom. The third kappa shape index (κ3) is 5.80. The number of aryl methyl sites for hydroxylation is 1. The zero-order valence-electron chi connectivity index (χ0n) is 16.9. The first-order valence-electron chi connectivity index (χ1n) is 9.88. The van der Waals surface area contributed by atoms with Crippen LogP contribution in [0.2, 0.25) is 0 Å². The number of hydrogen-bond donors (Lipinski definition) is 1. The highest BCUT2D eigenvalue weighted by atomic mass is 32.2. The van der Waals surface area contributed by atoms with Crippen LogP contribution in [0.15, 0.2) is 23.2 Å². The zero-order valence-corrected chi connectivity index (χ0v) is 18.5. The van der Waals surface area contributed by atoms with Crippen molar-refractivity contribution in [2.24, 2.45) is 4.99 Å². The highest BCUT2D eigenvalue weighted by Gasteiger charge is 2.23. The maximum Gasteiger partial charge on any atom is 0.263 e. The van der Waals surface area contributed by atoms with Gasteiger partial charge in [-0.3, -0.25) is 9.59 Å².